The summed E-state index contributed by atoms with van der Waals surface area (Å²) in [6.45, 7) is 3.47. The van der Waals surface area contributed by atoms with Gasteiger partial charge in [0, 0.05) is 12.8 Å². The van der Waals surface area contributed by atoms with Crippen LogP contribution >= 0.6 is 0 Å². The van der Waals surface area contributed by atoms with Crippen LogP contribution in [0.5, 0.6) is 0 Å². The van der Waals surface area contributed by atoms with Gasteiger partial charge in [-0.25, -0.2) is 4.79 Å². The highest BCUT2D eigenvalue weighted by Crippen LogP contribution is 2.18. The summed E-state index contributed by atoms with van der Waals surface area (Å²) in [6.07, 6.45) is 53.2. The fourth-order valence-corrected chi connectivity index (χ4v) is 7.28. The second kappa shape index (κ2) is 45.6. The van der Waals surface area contributed by atoms with Gasteiger partial charge in [0.25, 0.3) is 0 Å². The van der Waals surface area contributed by atoms with Gasteiger partial charge >= 0.3 is 11.9 Å². The van der Waals surface area contributed by atoms with Crippen LogP contribution in [0.4, 0.5) is 0 Å². The Balaban J connectivity index is 4.31. The lowest BCUT2D eigenvalue weighted by atomic mass is 10.0. The third-order valence-corrected chi connectivity index (χ3v) is 11.1. The molecule has 0 aromatic heterocycles. The fourth-order valence-electron chi connectivity index (χ4n) is 7.28. The zero-order valence-corrected chi connectivity index (χ0v) is 38.7. The Morgan fingerprint density at radius 3 is 1.45 bits per heavy atom. The zero-order valence-electron chi connectivity index (χ0n) is 38.7. The van der Waals surface area contributed by atoms with E-state index in [1.807, 2.05) is 0 Å². The summed E-state index contributed by atoms with van der Waals surface area (Å²) in [4.78, 5) is 47.7. The van der Waals surface area contributed by atoms with Crippen LogP contribution in [-0.2, 0) is 23.9 Å². The fraction of sp³-hybridized carbons (Fsp3) is 0.804. The van der Waals surface area contributed by atoms with Crippen molar-refractivity contribution in [1.29, 1.82) is 0 Å². The van der Waals surface area contributed by atoms with E-state index in [9.17, 15) is 19.2 Å². The summed E-state index contributed by atoms with van der Waals surface area (Å²) in [7, 11) is 0. The molecule has 9 heteroatoms. The van der Waals surface area contributed by atoms with Gasteiger partial charge in [-0.05, 0) is 89.9 Å². The molecule has 0 bridgehead atoms. The van der Waals surface area contributed by atoms with Crippen LogP contribution in [0.25, 0.3) is 0 Å². The van der Waals surface area contributed by atoms with Gasteiger partial charge in [0.1, 0.15) is 12.1 Å². The van der Waals surface area contributed by atoms with Crippen LogP contribution in [0.2, 0.25) is 0 Å². The first-order chi connectivity index (χ1) is 29.3. The van der Waals surface area contributed by atoms with Gasteiger partial charge in [-0.2, -0.15) is 0 Å². The molecule has 2 atom stereocenters. The molecule has 2 amide bonds. The van der Waals surface area contributed by atoms with Crippen molar-refractivity contribution in [2.24, 2.45) is 0 Å². The van der Waals surface area contributed by atoms with E-state index >= 15 is 0 Å². The molecule has 0 saturated heterocycles. The Labute approximate surface area is 367 Å². The zero-order chi connectivity index (χ0) is 44.0. The molecule has 0 spiro atoms. The standard InChI is InChI=1S/C51H92N2O7/c1-3-5-7-9-11-13-15-17-18-19-20-21-22-24-26-28-30-35-39-43-50(57)60-46(40-36-32-29-27-25-23-16-14-12-10-8-6-4-2)41-37-33-31-34-38-42-48(55)52-44-49(56)53-47(45-54)51(58)59/h11,13,17-18,27,29,46-47,54H,3-10,12,14-16,19-26,28,30-45H2,1-2H3,(H,52,55)(H,53,56)(H,58,59)/b13-11-,18-17-,29-27-. The number of allylic oxidation sites excluding steroid dienone is 6. The van der Waals surface area contributed by atoms with Crippen LogP contribution in [0.3, 0.4) is 0 Å². The first-order valence-corrected chi connectivity index (χ1v) is 24.9. The van der Waals surface area contributed by atoms with Crippen LogP contribution < -0.4 is 10.6 Å². The van der Waals surface area contributed by atoms with Gasteiger partial charge in [0.05, 0.1) is 13.2 Å². The van der Waals surface area contributed by atoms with Crippen molar-refractivity contribution in [3.63, 3.8) is 0 Å². The van der Waals surface area contributed by atoms with Crippen molar-refractivity contribution in [1.82, 2.24) is 10.6 Å². The van der Waals surface area contributed by atoms with Gasteiger partial charge in [0.15, 0.2) is 0 Å². The number of nitrogens with one attached hydrogen (secondary N) is 2. The Morgan fingerprint density at radius 1 is 0.500 bits per heavy atom. The van der Waals surface area contributed by atoms with Gasteiger partial charge in [-0.3, -0.25) is 14.4 Å². The first kappa shape index (κ1) is 57.1. The van der Waals surface area contributed by atoms with Crippen molar-refractivity contribution >= 4 is 23.8 Å². The van der Waals surface area contributed by atoms with Crippen molar-refractivity contribution < 1.29 is 34.1 Å². The number of carboxylic acids is 1. The number of hydrogen-bond donors (Lipinski definition) is 4. The number of aliphatic carboxylic acids is 1. The highest BCUT2D eigenvalue weighted by molar-refractivity contribution is 5.87. The predicted molar refractivity (Wildman–Crippen MR) is 250 cm³/mol. The number of ether oxygens (including phenoxy) is 1. The first-order valence-electron chi connectivity index (χ1n) is 24.9. The SMILES string of the molecule is CCCCC/C=C\C/C=C\CCCCCCCCCCCC(=O)OC(CCC/C=C\CCCCCCCCCC)CCCCCCCC(=O)NCC(=O)NC(CO)C(=O)O. The van der Waals surface area contributed by atoms with Crippen molar-refractivity contribution in [2.45, 2.75) is 251 Å². The third kappa shape index (κ3) is 41.8. The van der Waals surface area contributed by atoms with E-state index in [-0.39, 0.29) is 24.5 Å². The van der Waals surface area contributed by atoms with Gasteiger partial charge in [-0.1, -0.05) is 172 Å². The molecule has 2 unspecified atom stereocenters. The summed E-state index contributed by atoms with van der Waals surface area (Å²) < 4.78 is 6.04. The number of carboxylic acid groups (broad SMARTS) is 1. The Bertz CT molecular complexity index is 1110. The highest BCUT2D eigenvalue weighted by atomic mass is 16.5. The lowest BCUT2D eigenvalue weighted by molar-refractivity contribution is -0.150. The van der Waals surface area contributed by atoms with Crippen LogP contribution in [0, 0.1) is 0 Å². The highest BCUT2D eigenvalue weighted by Gasteiger charge is 2.19. The van der Waals surface area contributed by atoms with Crippen molar-refractivity contribution in [3.05, 3.63) is 36.5 Å². The molecular formula is C51H92N2O7. The average Bonchev–Trinajstić information content (AvgIpc) is 3.23. The number of hydrogen-bond acceptors (Lipinski definition) is 6. The van der Waals surface area contributed by atoms with Crippen LogP contribution in [0.1, 0.15) is 239 Å². The maximum Gasteiger partial charge on any atom is 0.328 e. The largest absolute Gasteiger partial charge is 0.480 e. The number of rotatable bonds is 45. The normalized spacial score (nSPS) is 12.7. The maximum atomic E-state index is 12.9. The topological polar surface area (TPSA) is 142 Å². The van der Waals surface area contributed by atoms with E-state index in [2.05, 4.69) is 60.9 Å². The van der Waals surface area contributed by atoms with Crippen molar-refractivity contribution in [3.8, 4) is 0 Å². The number of amides is 2. The number of carbonyl (C=O) groups excluding carboxylic acids is 3. The van der Waals surface area contributed by atoms with Gasteiger partial charge in [0.2, 0.25) is 11.8 Å². The van der Waals surface area contributed by atoms with Crippen LogP contribution in [-0.4, -0.2) is 59.3 Å². The molecule has 0 fully saturated rings. The molecule has 4 N–H and O–H groups in total. The summed E-state index contributed by atoms with van der Waals surface area (Å²) in [5, 5.41) is 22.6. The molecule has 0 rings (SSSR count). The van der Waals surface area contributed by atoms with E-state index in [0.717, 1.165) is 77.0 Å². The maximum absolute atomic E-state index is 12.9. The van der Waals surface area contributed by atoms with Crippen LogP contribution in [0.15, 0.2) is 36.5 Å². The minimum atomic E-state index is -1.38. The number of aliphatic hydroxyl groups is 1. The number of unbranched alkanes of at least 4 members (excludes halogenated alkanes) is 25. The number of esters is 1. The molecule has 348 valence electrons. The van der Waals surface area contributed by atoms with E-state index in [1.54, 1.807) is 0 Å². The Morgan fingerprint density at radius 2 is 0.917 bits per heavy atom. The molecule has 0 radical (unpaired) electrons. The minimum Gasteiger partial charge on any atom is -0.480 e. The minimum absolute atomic E-state index is 0.0465. The van der Waals surface area contributed by atoms with E-state index in [1.165, 1.54) is 128 Å². The number of aliphatic hydroxyl groups excluding tert-OH is 1. The molecule has 0 aliphatic carbocycles. The second-order valence-electron chi connectivity index (χ2n) is 16.9. The quantitative estimate of drug-likeness (QED) is 0.0272. The van der Waals surface area contributed by atoms with E-state index < -0.39 is 24.5 Å². The number of carbonyl (C=O) groups is 4. The Hall–Kier alpha value is -2.94. The van der Waals surface area contributed by atoms with Crippen molar-refractivity contribution in [2.75, 3.05) is 13.2 Å². The monoisotopic (exact) mass is 845 g/mol. The van der Waals surface area contributed by atoms with E-state index in [4.69, 9.17) is 14.9 Å². The summed E-state index contributed by atoms with van der Waals surface area (Å²) in [5.74, 6) is -2.31. The third-order valence-electron chi connectivity index (χ3n) is 11.1. The predicted octanol–water partition coefficient (Wildman–Crippen LogP) is 12.9. The smallest absolute Gasteiger partial charge is 0.328 e. The van der Waals surface area contributed by atoms with Gasteiger partial charge in [-0.15, -0.1) is 0 Å². The molecule has 0 heterocycles. The molecular weight excluding hydrogens is 753 g/mol. The van der Waals surface area contributed by atoms with Gasteiger partial charge < -0.3 is 25.6 Å². The molecule has 9 nitrogen and oxygen atoms in total. The summed E-state index contributed by atoms with van der Waals surface area (Å²) >= 11 is 0. The summed E-state index contributed by atoms with van der Waals surface area (Å²) in [5.41, 5.74) is 0. The molecule has 60 heavy (non-hydrogen) atoms. The molecule has 0 saturated carbocycles. The lowest BCUT2D eigenvalue weighted by Crippen LogP contribution is -2.47. The average molecular weight is 845 g/mol. The molecule has 0 aliphatic rings. The Kier molecular flexibility index (Phi) is 43.4. The lowest BCUT2D eigenvalue weighted by Gasteiger charge is -2.18. The molecule has 0 aromatic carbocycles. The summed E-state index contributed by atoms with van der Waals surface area (Å²) in [6, 6.07) is -1.38. The molecule has 0 aromatic rings. The second-order valence-corrected chi connectivity index (χ2v) is 16.9. The van der Waals surface area contributed by atoms with E-state index in [0.29, 0.717) is 19.3 Å². The molecule has 0 aliphatic heterocycles.